The van der Waals surface area contributed by atoms with Gasteiger partial charge in [-0.1, -0.05) is 33.1 Å². The predicted molar refractivity (Wildman–Crippen MR) is 46.7 cm³/mol. The molecule has 60 valence electrons. The van der Waals surface area contributed by atoms with Crippen molar-refractivity contribution in [2.45, 2.75) is 46.0 Å². The zero-order valence-corrected chi connectivity index (χ0v) is 7.19. The van der Waals surface area contributed by atoms with Crippen molar-refractivity contribution in [3.8, 4) is 0 Å². The highest BCUT2D eigenvalue weighted by atomic mass is 14.3. The molecule has 0 aliphatic carbocycles. The average Bonchev–Trinajstić information content (AvgIpc) is 1.98. The lowest BCUT2D eigenvalue weighted by Crippen LogP contribution is -1.97. The Kier molecular flexibility index (Phi) is 6.56. The van der Waals surface area contributed by atoms with E-state index in [4.69, 9.17) is 5.41 Å². The molecule has 0 spiro atoms. The highest BCUT2D eigenvalue weighted by Gasteiger charge is 2.02. The van der Waals surface area contributed by atoms with E-state index in [-0.39, 0.29) is 0 Å². The van der Waals surface area contributed by atoms with E-state index in [2.05, 4.69) is 13.8 Å². The molecule has 1 atom stereocenters. The van der Waals surface area contributed by atoms with Gasteiger partial charge in [0.1, 0.15) is 0 Å². The van der Waals surface area contributed by atoms with E-state index in [0.717, 1.165) is 12.3 Å². The summed E-state index contributed by atoms with van der Waals surface area (Å²) in [6.07, 6.45) is 7.62. The lowest BCUT2D eigenvalue weighted by molar-refractivity contribution is 0.441. The second-order valence-electron chi connectivity index (χ2n) is 2.84. The zero-order valence-electron chi connectivity index (χ0n) is 7.19. The molecule has 1 heteroatoms. The molecule has 0 aliphatic heterocycles. The van der Waals surface area contributed by atoms with E-state index in [0.29, 0.717) is 0 Å². The summed E-state index contributed by atoms with van der Waals surface area (Å²) in [7, 11) is 0. The van der Waals surface area contributed by atoms with E-state index < -0.39 is 0 Å². The topological polar surface area (TPSA) is 23.9 Å². The summed E-state index contributed by atoms with van der Waals surface area (Å²) < 4.78 is 0. The molecule has 10 heavy (non-hydrogen) atoms. The van der Waals surface area contributed by atoms with Crippen LogP contribution in [0.1, 0.15) is 46.0 Å². The quantitative estimate of drug-likeness (QED) is 0.549. The molecule has 0 aromatic carbocycles. The second-order valence-corrected chi connectivity index (χ2v) is 2.84. The summed E-state index contributed by atoms with van der Waals surface area (Å²) >= 11 is 0. The van der Waals surface area contributed by atoms with Crippen LogP contribution in [0, 0.1) is 11.3 Å². The number of hydrogen-bond donors (Lipinski definition) is 1. The van der Waals surface area contributed by atoms with Crippen molar-refractivity contribution in [2.75, 3.05) is 0 Å². The van der Waals surface area contributed by atoms with Gasteiger partial charge in [0.05, 0.1) is 0 Å². The van der Waals surface area contributed by atoms with Crippen LogP contribution >= 0.6 is 0 Å². The molecule has 0 heterocycles. The SMILES string of the molecule is CCCC(CC)CCC=N. The first kappa shape index (κ1) is 9.67. The van der Waals surface area contributed by atoms with Crippen LogP contribution in [0.2, 0.25) is 0 Å². The van der Waals surface area contributed by atoms with E-state index in [1.54, 1.807) is 0 Å². The fourth-order valence-electron chi connectivity index (χ4n) is 1.28. The molecule has 0 rings (SSSR count). The summed E-state index contributed by atoms with van der Waals surface area (Å²) in [4.78, 5) is 0. The van der Waals surface area contributed by atoms with Gasteiger partial charge in [0.15, 0.2) is 0 Å². The Morgan fingerprint density at radius 2 is 2.00 bits per heavy atom. The van der Waals surface area contributed by atoms with E-state index in [9.17, 15) is 0 Å². The van der Waals surface area contributed by atoms with Crippen LogP contribution in [0.15, 0.2) is 0 Å². The van der Waals surface area contributed by atoms with Crippen molar-refractivity contribution in [3.63, 3.8) is 0 Å². The van der Waals surface area contributed by atoms with Crippen molar-refractivity contribution >= 4 is 6.21 Å². The number of rotatable bonds is 6. The van der Waals surface area contributed by atoms with Crippen LogP contribution in [-0.2, 0) is 0 Å². The minimum atomic E-state index is 0.867. The molecule has 0 fully saturated rings. The van der Waals surface area contributed by atoms with Gasteiger partial charge in [-0.05, 0) is 25.0 Å². The monoisotopic (exact) mass is 141 g/mol. The Morgan fingerprint density at radius 1 is 1.30 bits per heavy atom. The van der Waals surface area contributed by atoms with Crippen LogP contribution in [0.4, 0.5) is 0 Å². The first-order chi connectivity index (χ1) is 4.85. The smallest absolute Gasteiger partial charge is 0.00476 e. The molecule has 0 saturated heterocycles. The van der Waals surface area contributed by atoms with Crippen molar-refractivity contribution in [1.82, 2.24) is 0 Å². The Hall–Kier alpha value is -0.330. The molecule has 0 bridgehead atoms. The molecule has 0 aromatic heterocycles. The molecule has 0 radical (unpaired) electrons. The first-order valence-electron chi connectivity index (χ1n) is 4.34. The normalized spacial score (nSPS) is 13.0. The van der Waals surface area contributed by atoms with Gasteiger partial charge in [-0.3, -0.25) is 0 Å². The van der Waals surface area contributed by atoms with E-state index >= 15 is 0 Å². The molecule has 1 N–H and O–H groups in total. The zero-order chi connectivity index (χ0) is 7.82. The van der Waals surface area contributed by atoms with Gasteiger partial charge in [0, 0.05) is 0 Å². The second kappa shape index (κ2) is 6.79. The standard InChI is InChI=1S/C9H19N/c1-3-6-9(4-2)7-5-8-10/h8-10H,3-7H2,1-2H3. The lowest BCUT2D eigenvalue weighted by Gasteiger charge is -2.10. The molecule has 1 unspecified atom stereocenters. The van der Waals surface area contributed by atoms with Gasteiger partial charge in [0.25, 0.3) is 0 Å². The van der Waals surface area contributed by atoms with E-state index in [1.165, 1.54) is 31.9 Å². The molecule has 1 nitrogen and oxygen atoms in total. The van der Waals surface area contributed by atoms with Gasteiger partial charge in [0.2, 0.25) is 0 Å². The molecule has 0 amide bonds. The van der Waals surface area contributed by atoms with Crippen LogP contribution in [0.5, 0.6) is 0 Å². The molecule has 0 saturated carbocycles. The van der Waals surface area contributed by atoms with Crippen LogP contribution < -0.4 is 0 Å². The van der Waals surface area contributed by atoms with Gasteiger partial charge in [-0.25, -0.2) is 0 Å². The Morgan fingerprint density at radius 3 is 2.40 bits per heavy atom. The van der Waals surface area contributed by atoms with Crippen molar-refractivity contribution in [1.29, 1.82) is 5.41 Å². The van der Waals surface area contributed by atoms with Gasteiger partial charge in [-0.2, -0.15) is 0 Å². The Bertz CT molecular complexity index is 78.8. The lowest BCUT2D eigenvalue weighted by atomic mass is 9.96. The van der Waals surface area contributed by atoms with Crippen LogP contribution in [-0.4, -0.2) is 6.21 Å². The maximum Gasteiger partial charge on any atom is -0.00476 e. The third-order valence-corrected chi connectivity index (χ3v) is 1.99. The number of hydrogen-bond acceptors (Lipinski definition) is 1. The van der Waals surface area contributed by atoms with Gasteiger partial charge in [-0.15, -0.1) is 0 Å². The summed E-state index contributed by atoms with van der Waals surface area (Å²) in [6.45, 7) is 4.47. The fraction of sp³-hybridized carbons (Fsp3) is 0.889. The molecule has 0 aliphatic rings. The fourth-order valence-corrected chi connectivity index (χ4v) is 1.28. The highest BCUT2D eigenvalue weighted by molar-refractivity contribution is 5.52. The third-order valence-electron chi connectivity index (χ3n) is 1.99. The Balaban J connectivity index is 3.29. The van der Waals surface area contributed by atoms with E-state index in [1.807, 2.05) is 0 Å². The summed E-state index contributed by atoms with van der Waals surface area (Å²) in [6, 6.07) is 0. The van der Waals surface area contributed by atoms with Gasteiger partial charge >= 0.3 is 0 Å². The highest BCUT2D eigenvalue weighted by Crippen LogP contribution is 2.15. The first-order valence-corrected chi connectivity index (χ1v) is 4.34. The van der Waals surface area contributed by atoms with Crippen molar-refractivity contribution in [2.24, 2.45) is 5.92 Å². The number of nitrogens with one attached hydrogen (secondary N) is 1. The maximum atomic E-state index is 6.88. The average molecular weight is 141 g/mol. The van der Waals surface area contributed by atoms with Gasteiger partial charge < -0.3 is 5.41 Å². The molecule has 0 aromatic rings. The largest absolute Gasteiger partial charge is 0.313 e. The van der Waals surface area contributed by atoms with Crippen LogP contribution in [0.3, 0.4) is 0 Å². The molecular weight excluding hydrogens is 122 g/mol. The summed E-state index contributed by atoms with van der Waals surface area (Å²) in [5, 5.41) is 6.88. The summed E-state index contributed by atoms with van der Waals surface area (Å²) in [5.41, 5.74) is 0. The minimum absolute atomic E-state index is 0.867. The third kappa shape index (κ3) is 4.54. The van der Waals surface area contributed by atoms with Crippen molar-refractivity contribution < 1.29 is 0 Å². The maximum absolute atomic E-state index is 6.88. The van der Waals surface area contributed by atoms with Crippen LogP contribution in [0.25, 0.3) is 0 Å². The molecular formula is C9H19N. The predicted octanol–water partition coefficient (Wildman–Crippen LogP) is 3.24. The minimum Gasteiger partial charge on any atom is -0.313 e. The van der Waals surface area contributed by atoms with Crippen molar-refractivity contribution in [3.05, 3.63) is 0 Å². The Labute approximate surface area is 64.3 Å². The summed E-state index contributed by atoms with van der Waals surface area (Å²) in [5.74, 6) is 0.867.